The first-order valence-corrected chi connectivity index (χ1v) is 7.03. The van der Waals surface area contributed by atoms with Crippen LogP contribution in [0.25, 0.3) is 0 Å². The van der Waals surface area contributed by atoms with Crippen LogP contribution in [0.5, 0.6) is 5.75 Å². The van der Waals surface area contributed by atoms with Gasteiger partial charge >= 0.3 is 23.2 Å². The van der Waals surface area contributed by atoms with Gasteiger partial charge in [0, 0.05) is 12.5 Å². The van der Waals surface area contributed by atoms with Gasteiger partial charge < -0.3 is 25.3 Å². The monoisotopic (exact) mass is 395 g/mol. The third-order valence-corrected chi connectivity index (χ3v) is 3.13. The standard InChI is InChI=1S/C16H16N2O6.Cu/c17-15(21)12(6-10-4-2-1-3-5-10)18-16(22)24-8-11-7-13(19)14(20)9-23-11;/h1-5,7,9,12,20H,6,8H2,(H2,17,21)(H,18,22);/q;+2. The van der Waals surface area contributed by atoms with E-state index < -0.39 is 29.2 Å². The van der Waals surface area contributed by atoms with Crippen molar-refractivity contribution in [2.45, 2.75) is 19.1 Å². The second-order valence-corrected chi connectivity index (χ2v) is 4.96. The molecular formula is C16H16CuN2O6+2. The van der Waals surface area contributed by atoms with E-state index in [1.54, 1.807) is 24.3 Å². The molecular weight excluding hydrogens is 380 g/mol. The molecule has 4 N–H and O–H groups in total. The molecule has 9 heteroatoms. The third kappa shape index (κ3) is 6.33. The summed E-state index contributed by atoms with van der Waals surface area (Å²) in [6, 6.07) is 9.10. The van der Waals surface area contributed by atoms with Crippen molar-refractivity contribution in [3.63, 3.8) is 0 Å². The minimum absolute atomic E-state index is 0. The van der Waals surface area contributed by atoms with Gasteiger partial charge in [0.05, 0.1) is 0 Å². The van der Waals surface area contributed by atoms with Gasteiger partial charge in [-0.1, -0.05) is 30.3 Å². The van der Waals surface area contributed by atoms with Gasteiger partial charge in [-0.15, -0.1) is 0 Å². The van der Waals surface area contributed by atoms with Crippen LogP contribution < -0.4 is 16.5 Å². The molecule has 1 heterocycles. The number of hydrogen-bond acceptors (Lipinski definition) is 6. The van der Waals surface area contributed by atoms with Crippen LogP contribution in [0.1, 0.15) is 11.3 Å². The van der Waals surface area contributed by atoms with Gasteiger partial charge in [0.1, 0.15) is 18.1 Å². The first kappa shape index (κ1) is 20.3. The fourth-order valence-corrected chi connectivity index (χ4v) is 1.91. The smallest absolute Gasteiger partial charge is 0.502 e. The van der Waals surface area contributed by atoms with E-state index in [9.17, 15) is 14.4 Å². The van der Waals surface area contributed by atoms with Gasteiger partial charge in [-0.25, -0.2) is 4.79 Å². The Morgan fingerprint density at radius 3 is 2.56 bits per heavy atom. The fraction of sp³-hybridized carbons (Fsp3) is 0.188. The van der Waals surface area contributed by atoms with Crippen molar-refractivity contribution in [2.24, 2.45) is 5.73 Å². The van der Waals surface area contributed by atoms with Crippen molar-refractivity contribution in [1.82, 2.24) is 5.32 Å². The molecule has 0 aliphatic heterocycles. The van der Waals surface area contributed by atoms with Gasteiger partial charge in [-0.05, 0) is 5.56 Å². The predicted molar refractivity (Wildman–Crippen MR) is 83.1 cm³/mol. The summed E-state index contributed by atoms with van der Waals surface area (Å²) in [5.41, 5.74) is 5.45. The Labute approximate surface area is 153 Å². The largest absolute Gasteiger partial charge is 2.00 e. The zero-order chi connectivity index (χ0) is 17.5. The molecule has 1 radical (unpaired) electrons. The maximum atomic E-state index is 11.8. The van der Waals surface area contributed by atoms with Gasteiger partial charge in [0.2, 0.25) is 11.3 Å². The molecule has 2 amide bonds. The minimum atomic E-state index is -0.938. The Hall–Kier alpha value is -2.77. The summed E-state index contributed by atoms with van der Waals surface area (Å²) in [7, 11) is 0. The van der Waals surface area contributed by atoms with Crippen LogP contribution >= 0.6 is 0 Å². The SMILES string of the molecule is NC(=O)C(Cc1ccccc1)NC(=O)OCc1cc(=O)c(O)co1.[Cu+2]. The molecule has 0 aliphatic rings. The number of carbonyl (C=O) groups is 2. The van der Waals surface area contributed by atoms with Gasteiger partial charge in [-0.3, -0.25) is 9.59 Å². The molecule has 1 aromatic carbocycles. The summed E-state index contributed by atoms with van der Waals surface area (Å²) in [6.07, 6.45) is 0.186. The van der Waals surface area contributed by atoms with Crippen molar-refractivity contribution < 1.29 is 40.9 Å². The molecule has 0 bridgehead atoms. The van der Waals surface area contributed by atoms with E-state index >= 15 is 0 Å². The van der Waals surface area contributed by atoms with E-state index in [-0.39, 0.29) is 35.9 Å². The molecule has 2 aromatic rings. The maximum Gasteiger partial charge on any atom is 2.00 e. The molecule has 25 heavy (non-hydrogen) atoms. The summed E-state index contributed by atoms with van der Waals surface area (Å²) in [5.74, 6) is -1.20. The van der Waals surface area contributed by atoms with Crippen molar-refractivity contribution in [3.05, 3.63) is 64.2 Å². The van der Waals surface area contributed by atoms with E-state index in [2.05, 4.69) is 5.32 Å². The number of nitrogens with two attached hydrogens (primary N) is 1. The van der Waals surface area contributed by atoms with E-state index in [1.165, 1.54) is 0 Å². The quantitative estimate of drug-likeness (QED) is 0.616. The number of rotatable bonds is 6. The number of aromatic hydroxyl groups is 1. The zero-order valence-corrected chi connectivity index (χ0v) is 13.8. The Morgan fingerprint density at radius 1 is 1.28 bits per heavy atom. The number of alkyl carbamates (subject to hydrolysis) is 1. The van der Waals surface area contributed by atoms with Crippen LogP contribution in [-0.2, 0) is 39.6 Å². The van der Waals surface area contributed by atoms with Crippen LogP contribution in [0.4, 0.5) is 4.79 Å². The van der Waals surface area contributed by atoms with Crippen LogP contribution in [0.2, 0.25) is 0 Å². The topological polar surface area (TPSA) is 132 Å². The average molecular weight is 396 g/mol. The number of ether oxygens (including phenoxy) is 1. The zero-order valence-electron chi connectivity index (χ0n) is 12.9. The molecule has 1 atom stereocenters. The molecule has 0 aliphatic carbocycles. The minimum Gasteiger partial charge on any atom is -0.502 e. The van der Waals surface area contributed by atoms with Crippen molar-refractivity contribution in [3.8, 4) is 5.75 Å². The first-order chi connectivity index (χ1) is 11.5. The molecule has 0 saturated heterocycles. The molecule has 8 nitrogen and oxygen atoms in total. The molecule has 1 unspecified atom stereocenters. The molecule has 0 saturated carbocycles. The second kappa shape index (κ2) is 9.51. The summed E-state index contributed by atoms with van der Waals surface area (Å²) >= 11 is 0. The predicted octanol–water partition coefficient (Wildman–Crippen LogP) is 0.666. The van der Waals surface area contributed by atoms with Crippen LogP contribution in [-0.4, -0.2) is 23.1 Å². The fourth-order valence-electron chi connectivity index (χ4n) is 1.91. The number of benzene rings is 1. The van der Waals surface area contributed by atoms with Gasteiger partial charge in [-0.2, -0.15) is 0 Å². The van der Waals surface area contributed by atoms with Crippen LogP contribution in [0.3, 0.4) is 0 Å². The normalized spacial score (nSPS) is 11.0. The van der Waals surface area contributed by atoms with E-state index in [4.69, 9.17) is 20.0 Å². The number of hydrogen-bond donors (Lipinski definition) is 3. The molecule has 2 rings (SSSR count). The Balaban J connectivity index is 0.00000312. The van der Waals surface area contributed by atoms with Crippen LogP contribution in [0, 0.1) is 0 Å². The van der Waals surface area contributed by atoms with E-state index in [0.717, 1.165) is 17.9 Å². The third-order valence-electron chi connectivity index (χ3n) is 3.13. The molecule has 0 spiro atoms. The first-order valence-electron chi connectivity index (χ1n) is 7.03. The number of carbonyl (C=O) groups excluding carboxylic acids is 2. The summed E-state index contributed by atoms with van der Waals surface area (Å²) in [4.78, 5) is 34.5. The average Bonchev–Trinajstić information content (AvgIpc) is 2.56. The second-order valence-electron chi connectivity index (χ2n) is 4.96. The maximum absolute atomic E-state index is 11.8. The van der Waals surface area contributed by atoms with Crippen LogP contribution in [0.15, 0.2) is 51.9 Å². The molecule has 1 aromatic heterocycles. The number of primary amides is 1. The Morgan fingerprint density at radius 2 is 1.96 bits per heavy atom. The summed E-state index contributed by atoms with van der Waals surface area (Å²) < 4.78 is 9.76. The summed E-state index contributed by atoms with van der Waals surface area (Å²) in [6.45, 7) is -0.335. The van der Waals surface area contributed by atoms with Crippen molar-refractivity contribution >= 4 is 12.0 Å². The number of nitrogens with one attached hydrogen (secondary N) is 1. The molecule has 0 fully saturated rings. The number of amides is 2. The van der Waals surface area contributed by atoms with E-state index in [0.29, 0.717) is 0 Å². The van der Waals surface area contributed by atoms with Crippen molar-refractivity contribution in [1.29, 1.82) is 0 Å². The van der Waals surface area contributed by atoms with Crippen molar-refractivity contribution in [2.75, 3.05) is 0 Å². The summed E-state index contributed by atoms with van der Waals surface area (Å²) in [5, 5.41) is 11.4. The van der Waals surface area contributed by atoms with Gasteiger partial charge in [0.25, 0.3) is 0 Å². The molecule has 135 valence electrons. The Bertz CT molecular complexity index is 778. The van der Waals surface area contributed by atoms with Gasteiger partial charge in [0.15, 0.2) is 12.4 Å². The Kier molecular flexibility index (Phi) is 7.71. The van der Waals surface area contributed by atoms with E-state index in [1.807, 2.05) is 6.07 Å².